The summed E-state index contributed by atoms with van der Waals surface area (Å²) in [5.74, 6) is 2.02. The number of alkyl halides is 1. The van der Waals surface area contributed by atoms with Gasteiger partial charge in [-0.1, -0.05) is 29.8 Å². The highest BCUT2D eigenvalue weighted by atomic mass is 79.9. The molecule has 2 atom stereocenters. The van der Waals surface area contributed by atoms with Crippen molar-refractivity contribution in [2.45, 2.75) is 31.0 Å². The second-order valence-corrected chi connectivity index (χ2v) is 4.70. The molecule has 0 N–H and O–H groups in total. The molecular weight excluding hydrogens is 272 g/mol. The van der Waals surface area contributed by atoms with E-state index < -0.39 is 0 Å². The lowest BCUT2D eigenvalue weighted by Gasteiger charge is -2.16. The van der Waals surface area contributed by atoms with E-state index >= 15 is 0 Å². The van der Waals surface area contributed by atoms with Gasteiger partial charge in [-0.3, -0.25) is 0 Å². The molecule has 2 unspecified atom stereocenters. The van der Waals surface area contributed by atoms with E-state index in [1.807, 2.05) is 0 Å². The van der Waals surface area contributed by atoms with Crippen LogP contribution in [0.4, 0.5) is 0 Å². The van der Waals surface area contributed by atoms with Crippen LogP contribution in [0, 0.1) is 0 Å². The molecule has 0 saturated carbocycles. The first-order valence-corrected chi connectivity index (χ1v) is 6.15. The molecule has 0 amide bonds. The summed E-state index contributed by atoms with van der Waals surface area (Å²) in [6.45, 7) is 4.20. The Hall–Kier alpha value is -0.840. The molecule has 0 radical (unpaired) electrons. The Balaban J connectivity index is 3.02. The Morgan fingerprint density at radius 1 is 1.25 bits per heavy atom. The van der Waals surface area contributed by atoms with Crippen LogP contribution < -0.4 is 9.47 Å². The molecule has 1 aromatic rings. The van der Waals surface area contributed by atoms with Crippen molar-refractivity contribution < 1.29 is 9.47 Å². The van der Waals surface area contributed by atoms with Crippen LogP contribution in [-0.2, 0) is 0 Å². The molecular formula is C11H17BrN2O2. The highest BCUT2D eigenvalue weighted by Gasteiger charge is 2.19. The molecule has 1 aromatic heterocycles. The molecule has 0 saturated heterocycles. The average molecular weight is 289 g/mol. The Morgan fingerprint density at radius 2 is 1.75 bits per heavy atom. The summed E-state index contributed by atoms with van der Waals surface area (Å²) >= 11 is 3.61. The van der Waals surface area contributed by atoms with Crippen LogP contribution in [0.2, 0.25) is 0 Å². The van der Waals surface area contributed by atoms with Crippen LogP contribution in [0.1, 0.15) is 32.0 Å². The number of rotatable bonds is 5. The SMILES string of the molecule is CCC(Br)C(C)c1nc(OC)cc(OC)n1. The van der Waals surface area contributed by atoms with Crippen molar-refractivity contribution in [1.82, 2.24) is 9.97 Å². The molecule has 4 nitrogen and oxygen atoms in total. The standard InChI is InChI=1S/C11H17BrN2O2/c1-5-8(12)7(2)11-13-9(15-3)6-10(14-11)16-4/h6-8H,5H2,1-4H3. The zero-order valence-electron chi connectivity index (χ0n) is 10.0. The predicted octanol–water partition coefficient (Wildman–Crippen LogP) is 2.77. The van der Waals surface area contributed by atoms with Crippen molar-refractivity contribution in [2.75, 3.05) is 14.2 Å². The smallest absolute Gasteiger partial charge is 0.220 e. The van der Waals surface area contributed by atoms with Crippen molar-refractivity contribution in [3.05, 3.63) is 11.9 Å². The lowest BCUT2D eigenvalue weighted by Crippen LogP contribution is -2.12. The monoisotopic (exact) mass is 288 g/mol. The predicted molar refractivity (Wildman–Crippen MR) is 66.6 cm³/mol. The maximum Gasteiger partial charge on any atom is 0.220 e. The minimum Gasteiger partial charge on any atom is -0.481 e. The first-order chi connectivity index (χ1) is 7.62. The fraction of sp³-hybridized carbons (Fsp3) is 0.636. The van der Waals surface area contributed by atoms with Gasteiger partial charge in [0.15, 0.2) is 0 Å². The molecule has 0 bridgehead atoms. The normalized spacial score (nSPS) is 14.3. The van der Waals surface area contributed by atoms with Gasteiger partial charge in [0.2, 0.25) is 11.8 Å². The van der Waals surface area contributed by atoms with E-state index in [1.54, 1.807) is 20.3 Å². The Labute approximate surface area is 105 Å². The van der Waals surface area contributed by atoms with Gasteiger partial charge >= 0.3 is 0 Å². The largest absolute Gasteiger partial charge is 0.481 e. The van der Waals surface area contributed by atoms with E-state index in [1.165, 1.54) is 0 Å². The van der Waals surface area contributed by atoms with Crippen molar-refractivity contribution in [3.63, 3.8) is 0 Å². The number of methoxy groups -OCH3 is 2. The Kier molecular flexibility index (Phi) is 4.99. The molecule has 1 rings (SSSR count). The van der Waals surface area contributed by atoms with Crippen molar-refractivity contribution in [2.24, 2.45) is 0 Å². The molecule has 1 heterocycles. The molecule has 0 aliphatic rings. The Morgan fingerprint density at radius 3 is 2.12 bits per heavy atom. The topological polar surface area (TPSA) is 44.2 Å². The van der Waals surface area contributed by atoms with Crippen LogP contribution in [0.3, 0.4) is 0 Å². The fourth-order valence-electron chi connectivity index (χ4n) is 1.35. The van der Waals surface area contributed by atoms with Crippen molar-refractivity contribution in [3.8, 4) is 11.8 Å². The minimum atomic E-state index is 0.217. The molecule has 0 aliphatic heterocycles. The van der Waals surface area contributed by atoms with E-state index in [0.717, 1.165) is 12.2 Å². The van der Waals surface area contributed by atoms with Crippen LogP contribution in [0.25, 0.3) is 0 Å². The number of halogens is 1. The Bertz CT molecular complexity index is 325. The molecule has 0 aliphatic carbocycles. The van der Waals surface area contributed by atoms with Gasteiger partial charge in [-0.05, 0) is 6.42 Å². The van der Waals surface area contributed by atoms with Gasteiger partial charge in [-0.15, -0.1) is 0 Å². The molecule has 90 valence electrons. The van der Waals surface area contributed by atoms with Crippen LogP contribution in [0.5, 0.6) is 11.8 Å². The maximum atomic E-state index is 5.11. The second kappa shape index (κ2) is 6.03. The van der Waals surface area contributed by atoms with E-state index in [9.17, 15) is 0 Å². The van der Waals surface area contributed by atoms with Gasteiger partial charge in [-0.25, -0.2) is 0 Å². The highest BCUT2D eigenvalue weighted by Crippen LogP contribution is 2.27. The number of ether oxygens (including phenoxy) is 2. The van der Waals surface area contributed by atoms with Gasteiger partial charge in [0.1, 0.15) is 5.82 Å². The summed E-state index contributed by atoms with van der Waals surface area (Å²) in [5.41, 5.74) is 0. The zero-order valence-corrected chi connectivity index (χ0v) is 11.6. The quantitative estimate of drug-likeness (QED) is 0.782. The average Bonchev–Trinajstić information content (AvgIpc) is 2.35. The van der Waals surface area contributed by atoms with E-state index in [0.29, 0.717) is 16.6 Å². The van der Waals surface area contributed by atoms with Crippen LogP contribution in [0.15, 0.2) is 6.07 Å². The first-order valence-electron chi connectivity index (χ1n) is 5.23. The minimum absolute atomic E-state index is 0.217. The summed E-state index contributed by atoms with van der Waals surface area (Å²) in [7, 11) is 3.17. The number of aromatic nitrogens is 2. The van der Waals surface area contributed by atoms with Crippen molar-refractivity contribution in [1.29, 1.82) is 0 Å². The maximum absolute atomic E-state index is 5.11. The van der Waals surface area contributed by atoms with E-state index in [4.69, 9.17) is 9.47 Å². The third kappa shape index (κ3) is 3.07. The van der Waals surface area contributed by atoms with Crippen LogP contribution in [-0.4, -0.2) is 29.0 Å². The number of hydrogen-bond donors (Lipinski definition) is 0. The molecule has 16 heavy (non-hydrogen) atoms. The number of nitrogens with zero attached hydrogens (tertiary/aromatic N) is 2. The molecule has 5 heteroatoms. The third-order valence-corrected chi connectivity index (χ3v) is 3.90. The first kappa shape index (κ1) is 13.2. The van der Waals surface area contributed by atoms with Gasteiger partial charge < -0.3 is 9.47 Å². The molecule has 0 aromatic carbocycles. The summed E-state index contributed by atoms with van der Waals surface area (Å²) in [5, 5.41) is 0. The summed E-state index contributed by atoms with van der Waals surface area (Å²) in [6.07, 6.45) is 1.02. The lowest BCUT2D eigenvalue weighted by molar-refractivity contribution is 0.365. The highest BCUT2D eigenvalue weighted by molar-refractivity contribution is 9.09. The second-order valence-electron chi connectivity index (χ2n) is 3.52. The van der Waals surface area contributed by atoms with E-state index in [2.05, 4.69) is 39.7 Å². The van der Waals surface area contributed by atoms with Gasteiger partial charge in [0.05, 0.1) is 20.3 Å². The third-order valence-electron chi connectivity index (χ3n) is 2.45. The van der Waals surface area contributed by atoms with Gasteiger partial charge in [0, 0.05) is 10.7 Å². The van der Waals surface area contributed by atoms with Gasteiger partial charge in [-0.2, -0.15) is 9.97 Å². The fourth-order valence-corrected chi connectivity index (χ4v) is 1.59. The van der Waals surface area contributed by atoms with Crippen LogP contribution >= 0.6 is 15.9 Å². The number of hydrogen-bond acceptors (Lipinski definition) is 4. The molecule has 0 fully saturated rings. The lowest BCUT2D eigenvalue weighted by atomic mass is 10.1. The summed E-state index contributed by atoms with van der Waals surface area (Å²) in [6, 6.07) is 1.67. The van der Waals surface area contributed by atoms with Gasteiger partial charge in [0.25, 0.3) is 0 Å². The van der Waals surface area contributed by atoms with E-state index in [-0.39, 0.29) is 5.92 Å². The summed E-state index contributed by atoms with van der Waals surface area (Å²) < 4.78 is 10.2. The molecule has 0 spiro atoms. The summed E-state index contributed by atoms with van der Waals surface area (Å²) in [4.78, 5) is 9.00. The zero-order chi connectivity index (χ0) is 12.1. The van der Waals surface area contributed by atoms with Crippen molar-refractivity contribution >= 4 is 15.9 Å².